The van der Waals surface area contributed by atoms with Crippen LogP contribution in [0.5, 0.6) is 0 Å². The second-order valence-electron chi connectivity index (χ2n) is 10.8. The van der Waals surface area contributed by atoms with Gasteiger partial charge in [-0.15, -0.1) is 0 Å². The molecule has 2 bridgehead atoms. The average molecular weight is 603 g/mol. The number of ether oxygens (including phenoxy) is 3. The molecule has 43 heavy (non-hydrogen) atoms. The normalized spacial score (nSPS) is 31.1. The van der Waals surface area contributed by atoms with Crippen LogP contribution >= 0.6 is 0 Å². The molecule has 0 unspecified atom stereocenters. The van der Waals surface area contributed by atoms with Gasteiger partial charge >= 0.3 is 6.09 Å². The molecule has 0 fully saturated rings. The Kier molecular flexibility index (Phi) is 13.0. The number of amides is 3. The predicted octanol–water partition coefficient (Wildman–Crippen LogP) is 0.837. The maximum Gasteiger partial charge on any atom is 0.405 e. The van der Waals surface area contributed by atoms with Gasteiger partial charge < -0.3 is 41.4 Å². The van der Waals surface area contributed by atoms with Crippen LogP contribution in [0.15, 0.2) is 58.5 Å². The van der Waals surface area contributed by atoms with Crippen molar-refractivity contribution in [3.8, 4) is 0 Å². The molecule has 1 aliphatic heterocycles. The molecule has 2 rings (SSSR count). The Morgan fingerprint density at radius 3 is 2.37 bits per heavy atom. The molecule has 6 atom stereocenters. The molecule has 1 heterocycles. The fourth-order valence-electron chi connectivity index (χ4n) is 4.95. The van der Waals surface area contributed by atoms with Crippen molar-refractivity contribution >= 4 is 29.5 Å². The third-order valence-corrected chi connectivity index (χ3v) is 7.23. The number of Topliss-reactive ketones (excluding diaryl/α,β-unsaturated/α-hetero) is 1. The number of allylic oxidation sites excluding steroid dienone is 4. The molecule has 0 aromatic rings. The Morgan fingerprint density at radius 1 is 1.12 bits per heavy atom. The van der Waals surface area contributed by atoms with E-state index in [1.54, 1.807) is 26.0 Å². The van der Waals surface area contributed by atoms with Crippen molar-refractivity contribution in [2.45, 2.75) is 65.0 Å². The number of rotatable bonds is 6. The van der Waals surface area contributed by atoms with Gasteiger partial charge in [0.05, 0.1) is 30.1 Å². The zero-order valence-electron chi connectivity index (χ0n) is 25.3. The van der Waals surface area contributed by atoms with Gasteiger partial charge in [-0.25, -0.2) is 4.79 Å². The topological polar surface area (TPSA) is 209 Å². The van der Waals surface area contributed by atoms with Gasteiger partial charge in [0, 0.05) is 37.4 Å². The molecular weight excluding hydrogens is 560 g/mol. The summed E-state index contributed by atoms with van der Waals surface area (Å²) in [6, 6.07) is 0. The van der Waals surface area contributed by atoms with Gasteiger partial charge in [-0.3, -0.25) is 19.2 Å². The SMILES string of the molecule is CO[C@H]1/C=C\C=C(/C)C(=O)NC2=CC(=O)C(NCC(N)=O)=C(C[C@@H](C)C[C@H](OC)[C@H](O)[C@@H](C)/C=C(\C)[C@@H]1OC(N)=O)C2=O. The summed E-state index contributed by atoms with van der Waals surface area (Å²) >= 11 is 0. The van der Waals surface area contributed by atoms with Crippen LogP contribution in [-0.4, -0.2) is 79.8 Å². The van der Waals surface area contributed by atoms with Gasteiger partial charge in [0.2, 0.25) is 17.5 Å². The number of nitrogens with one attached hydrogen (secondary N) is 2. The van der Waals surface area contributed by atoms with Gasteiger partial charge in [0.15, 0.2) is 6.10 Å². The van der Waals surface area contributed by atoms with Gasteiger partial charge in [-0.2, -0.15) is 0 Å². The van der Waals surface area contributed by atoms with E-state index in [2.05, 4.69) is 10.6 Å². The highest BCUT2D eigenvalue weighted by Gasteiger charge is 2.33. The Morgan fingerprint density at radius 2 is 1.79 bits per heavy atom. The van der Waals surface area contributed by atoms with Gasteiger partial charge in [0.25, 0.3) is 5.91 Å². The molecule has 13 heteroatoms. The number of fused-ring (bicyclic) bond motifs is 2. The van der Waals surface area contributed by atoms with Gasteiger partial charge in [0.1, 0.15) is 6.10 Å². The summed E-state index contributed by atoms with van der Waals surface area (Å²) in [5, 5.41) is 16.4. The third kappa shape index (κ3) is 9.73. The maximum atomic E-state index is 13.5. The summed E-state index contributed by atoms with van der Waals surface area (Å²) in [6.45, 7) is 6.43. The molecule has 13 nitrogen and oxygen atoms in total. The van der Waals surface area contributed by atoms with E-state index in [1.807, 2.05) is 6.92 Å². The first-order valence-corrected chi connectivity index (χ1v) is 13.8. The number of carbonyl (C=O) groups excluding carboxylic acids is 5. The molecular formula is C30H42N4O9. The highest BCUT2D eigenvalue weighted by atomic mass is 16.6. The Hall–Kier alpha value is -4.07. The zero-order valence-corrected chi connectivity index (χ0v) is 25.3. The van der Waals surface area contributed by atoms with Crippen LogP contribution in [0.25, 0.3) is 0 Å². The molecule has 236 valence electrons. The molecule has 0 saturated heterocycles. The summed E-state index contributed by atoms with van der Waals surface area (Å²) in [5.41, 5.74) is 11.1. The highest BCUT2D eigenvalue weighted by Crippen LogP contribution is 2.28. The van der Waals surface area contributed by atoms with Crippen LogP contribution in [0.4, 0.5) is 4.79 Å². The van der Waals surface area contributed by atoms with E-state index in [0.717, 1.165) is 6.08 Å². The summed E-state index contributed by atoms with van der Waals surface area (Å²) in [6.07, 6.45) is 3.13. The predicted molar refractivity (Wildman–Crippen MR) is 157 cm³/mol. The first kappa shape index (κ1) is 35.1. The first-order chi connectivity index (χ1) is 20.2. The summed E-state index contributed by atoms with van der Waals surface area (Å²) < 4.78 is 16.5. The standard InChI is InChI=1S/C30H42N4O9/c1-15-10-19-25(33-14-24(31)36)21(35)13-20(27(19)38)34-29(39)16(2)8-7-9-22(41-5)28(43-30(32)40)18(4)12-17(3)26(37)23(11-15)42-6/h7-9,12-13,15,17,22-23,26,28,33,37H,10-11,14H2,1-6H3,(H2,31,36)(H2,32,40)(H,34,39)/b9-7-,16-8+,18-12+/t15-,17+,22+,23+,26-,28+/m1/s1. The van der Waals surface area contributed by atoms with E-state index < -0.39 is 59.8 Å². The lowest BCUT2D eigenvalue weighted by atomic mass is 9.85. The summed E-state index contributed by atoms with van der Waals surface area (Å²) in [4.78, 5) is 62.7. The smallest absolute Gasteiger partial charge is 0.405 e. The van der Waals surface area contributed by atoms with E-state index in [-0.39, 0.29) is 47.8 Å². The molecule has 0 spiro atoms. The van der Waals surface area contributed by atoms with Crippen LogP contribution in [0.1, 0.15) is 40.5 Å². The monoisotopic (exact) mass is 602 g/mol. The molecule has 0 aromatic carbocycles. The van der Waals surface area contributed by atoms with Gasteiger partial charge in [-0.05, 0) is 38.2 Å². The molecule has 0 aromatic heterocycles. The van der Waals surface area contributed by atoms with Crippen LogP contribution in [0.2, 0.25) is 0 Å². The molecule has 7 N–H and O–H groups in total. The van der Waals surface area contributed by atoms with E-state index in [0.29, 0.717) is 5.57 Å². The third-order valence-electron chi connectivity index (χ3n) is 7.23. The molecule has 1 aliphatic carbocycles. The Bertz CT molecular complexity index is 1260. The van der Waals surface area contributed by atoms with Crippen LogP contribution < -0.4 is 22.1 Å². The fraction of sp³-hybridized carbons (Fsp3) is 0.500. The number of hydrogen-bond donors (Lipinski definition) is 5. The van der Waals surface area contributed by atoms with E-state index in [9.17, 15) is 29.1 Å². The zero-order chi connectivity index (χ0) is 32.4. The number of carbonyl (C=O) groups is 5. The number of ketones is 2. The van der Waals surface area contributed by atoms with Crippen LogP contribution in [0.3, 0.4) is 0 Å². The van der Waals surface area contributed by atoms with Crippen molar-refractivity contribution in [3.63, 3.8) is 0 Å². The lowest BCUT2D eigenvalue weighted by molar-refractivity contribution is -0.120. The van der Waals surface area contributed by atoms with Crippen molar-refractivity contribution in [1.29, 1.82) is 0 Å². The van der Waals surface area contributed by atoms with Crippen LogP contribution in [0, 0.1) is 11.8 Å². The van der Waals surface area contributed by atoms with E-state index in [1.165, 1.54) is 33.3 Å². The average Bonchev–Trinajstić information content (AvgIpc) is 2.93. The molecule has 2 aliphatic rings. The number of hydrogen-bond acceptors (Lipinski definition) is 10. The molecule has 3 amide bonds. The van der Waals surface area contributed by atoms with Crippen molar-refractivity contribution < 1.29 is 43.3 Å². The number of methoxy groups -OCH3 is 2. The number of aliphatic hydroxyl groups excluding tert-OH is 1. The van der Waals surface area contributed by atoms with E-state index >= 15 is 0 Å². The largest absolute Gasteiger partial charge is 0.439 e. The first-order valence-electron chi connectivity index (χ1n) is 13.8. The number of primary amides is 2. The summed E-state index contributed by atoms with van der Waals surface area (Å²) in [7, 11) is 2.86. The Balaban J connectivity index is 2.63. The van der Waals surface area contributed by atoms with Crippen molar-refractivity contribution in [1.82, 2.24) is 10.6 Å². The lowest BCUT2D eigenvalue weighted by Gasteiger charge is -2.30. The minimum absolute atomic E-state index is 0.0658. The minimum Gasteiger partial charge on any atom is -0.439 e. The second kappa shape index (κ2) is 16.0. The quantitative estimate of drug-likeness (QED) is 0.214. The number of aliphatic hydroxyl groups is 1. The lowest BCUT2D eigenvalue weighted by Crippen LogP contribution is -2.39. The van der Waals surface area contributed by atoms with Crippen molar-refractivity contribution in [2.24, 2.45) is 23.3 Å². The van der Waals surface area contributed by atoms with Gasteiger partial charge in [-0.1, -0.05) is 38.2 Å². The van der Waals surface area contributed by atoms with Crippen molar-refractivity contribution in [3.05, 3.63) is 58.5 Å². The minimum atomic E-state index is -1.02. The van der Waals surface area contributed by atoms with Crippen LogP contribution in [-0.2, 0) is 33.4 Å². The molecule has 0 saturated carbocycles. The Labute approximate surface area is 251 Å². The summed E-state index contributed by atoms with van der Waals surface area (Å²) in [5.74, 6) is -3.35. The second-order valence-corrected chi connectivity index (χ2v) is 10.8. The van der Waals surface area contributed by atoms with Crippen molar-refractivity contribution in [2.75, 3.05) is 20.8 Å². The highest BCUT2D eigenvalue weighted by molar-refractivity contribution is 6.23. The number of nitrogens with two attached hydrogens (primary N) is 2. The van der Waals surface area contributed by atoms with E-state index in [4.69, 9.17) is 25.7 Å². The molecule has 0 radical (unpaired) electrons. The fourth-order valence-corrected chi connectivity index (χ4v) is 4.95. The maximum absolute atomic E-state index is 13.5.